The first-order chi connectivity index (χ1) is 14.5. The van der Waals surface area contributed by atoms with Gasteiger partial charge in [-0.2, -0.15) is 4.98 Å². The Kier molecular flexibility index (Phi) is 6.85. The number of aryl methyl sites for hydroxylation is 1. The third-order valence-electron chi connectivity index (χ3n) is 4.45. The summed E-state index contributed by atoms with van der Waals surface area (Å²) in [6.45, 7) is 7.92. The molecule has 0 aliphatic rings. The van der Waals surface area contributed by atoms with E-state index in [4.69, 9.17) is 14.0 Å². The Morgan fingerprint density at radius 1 is 1.23 bits per heavy atom. The van der Waals surface area contributed by atoms with Crippen molar-refractivity contribution in [2.75, 3.05) is 13.7 Å². The smallest absolute Gasteiger partial charge is 0.264 e. The van der Waals surface area contributed by atoms with Gasteiger partial charge in [0.15, 0.2) is 6.10 Å². The van der Waals surface area contributed by atoms with Crippen LogP contribution in [0.15, 0.2) is 65.7 Å². The van der Waals surface area contributed by atoms with Crippen LogP contribution in [0.1, 0.15) is 18.4 Å². The van der Waals surface area contributed by atoms with Gasteiger partial charge in [-0.25, -0.2) is 0 Å². The number of rotatable bonds is 9. The maximum Gasteiger partial charge on any atom is 0.264 e. The molecule has 156 valence electrons. The lowest BCUT2D eigenvalue weighted by molar-refractivity contribution is -0.138. The molecule has 2 aromatic carbocycles. The van der Waals surface area contributed by atoms with Gasteiger partial charge in [0, 0.05) is 12.1 Å². The lowest BCUT2D eigenvalue weighted by Crippen LogP contribution is -2.40. The summed E-state index contributed by atoms with van der Waals surface area (Å²) in [7, 11) is 1.61. The lowest BCUT2D eigenvalue weighted by Gasteiger charge is -2.23. The van der Waals surface area contributed by atoms with Crippen LogP contribution in [-0.4, -0.2) is 40.7 Å². The van der Waals surface area contributed by atoms with Gasteiger partial charge in [-0.05, 0) is 55.8 Å². The Balaban J connectivity index is 1.69. The number of ether oxygens (including phenoxy) is 2. The monoisotopic (exact) mass is 407 g/mol. The zero-order chi connectivity index (χ0) is 21.5. The number of hydrogen-bond acceptors (Lipinski definition) is 6. The summed E-state index contributed by atoms with van der Waals surface area (Å²) in [5.41, 5.74) is 1.86. The standard InChI is InChI=1S/C23H25N3O4/c1-5-13-26(23(27)17(3)29-20-8-6-7-16(2)14-20)15-21-24-22(25-30-21)18-9-11-19(28-4)12-10-18/h5-12,14,17H,1,13,15H2,2-4H3/t17-/m0/s1. The van der Waals surface area contributed by atoms with Crippen molar-refractivity contribution in [1.29, 1.82) is 0 Å². The van der Waals surface area contributed by atoms with E-state index in [1.807, 2.05) is 55.5 Å². The molecule has 0 radical (unpaired) electrons. The van der Waals surface area contributed by atoms with Gasteiger partial charge in [0.2, 0.25) is 11.7 Å². The minimum Gasteiger partial charge on any atom is -0.497 e. The molecule has 1 amide bonds. The molecule has 7 heteroatoms. The fourth-order valence-corrected chi connectivity index (χ4v) is 2.93. The molecule has 30 heavy (non-hydrogen) atoms. The summed E-state index contributed by atoms with van der Waals surface area (Å²) in [5, 5.41) is 4.01. The predicted octanol–water partition coefficient (Wildman–Crippen LogP) is 4.04. The normalized spacial score (nSPS) is 11.6. The molecule has 7 nitrogen and oxygen atoms in total. The predicted molar refractivity (Wildman–Crippen MR) is 113 cm³/mol. The van der Waals surface area contributed by atoms with Gasteiger partial charge in [-0.15, -0.1) is 6.58 Å². The number of methoxy groups -OCH3 is 1. The van der Waals surface area contributed by atoms with Gasteiger partial charge in [0.1, 0.15) is 18.0 Å². The molecule has 0 saturated heterocycles. The van der Waals surface area contributed by atoms with Crippen molar-refractivity contribution in [2.24, 2.45) is 0 Å². The summed E-state index contributed by atoms with van der Waals surface area (Å²) in [5.74, 6) is 1.98. The van der Waals surface area contributed by atoms with E-state index in [0.29, 0.717) is 24.0 Å². The van der Waals surface area contributed by atoms with E-state index >= 15 is 0 Å². The SMILES string of the molecule is C=CCN(Cc1nc(-c2ccc(OC)cc2)no1)C(=O)[C@H](C)Oc1cccc(C)c1. The summed E-state index contributed by atoms with van der Waals surface area (Å²) in [6.07, 6.45) is 0.980. The topological polar surface area (TPSA) is 77.7 Å². The van der Waals surface area contributed by atoms with Crippen LogP contribution in [0.3, 0.4) is 0 Å². The zero-order valence-corrected chi connectivity index (χ0v) is 17.4. The highest BCUT2D eigenvalue weighted by atomic mass is 16.5. The molecule has 0 fully saturated rings. The molecule has 0 aliphatic carbocycles. The number of nitrogens with zero attached hydrogens (tertiary/aromatic N) is 3. The highest BCUT2D eigenvalue weighted by Gasteiger charge is 2.23. The van der Waals surface area contributed by atoms with E-state index < -0.39 is 6.10 Å². The zero-order valence-electron chi connectivity index (χ0n) is 17.4. The molecule has 1 heterocycles. The fraction of sp³-hybridized carbons (Fsp3) is 0.261. The van der Waals surface area contributed by atoms with Crippen LogP contribution >= 0.6 is 0 Å². The van der Waals surface area contributed by atoms with Crippen LogP contribution < -0.4 is 9.47 Å². The van der Waals surface area contributed by atoms with Crippen LogP contribution in [0, 0.1) is 6.92 Å². The third kappa shape index (κ3) is 5.26. The van der Waals surface area contributed by atoms with Crippen molar-refractivity contribution in [2.45, 2.75) is 26.5 Å². The highest BCUT2D eigenvalue weighted by molar-refractivity contribution is 5.81. The summed E-state index contributed by atoms with van der Waals surface area (Å²) in [6, 6.07) is 14.9. The third-order valence-corrected chi connectivity index (χ3v) is 4.45. The summed E-state index contributed by atoms with van der Waals surface area (Å²) >= 11 is 0. The Hall–Kier alpha value is -3.61. The van der Waals surface area contributed by atoms with Crippen LogP contribution in [0.4, 0.5) is 0 Å². The van der Waals surface area contributed by atoms with Crippen LogP contribution in [0.5, 0.6) is 11.5 Å². The van der Waals surface area contributed by atoms with Gasteiger partial charge >= 0.3 is 0 Å². The Labute approximate surface area is 175 Å². The summed E-state index contributed by atoms with van der Waals surface area (Å²) in [4.78, 5) is 18.9. The average Bonchev–Trinajstić information content (AvgIpc) is 3.21. The van der Waals surface area contributed by atoms with E-state index in [-0.39, 0.29) is 12.5 Å². The summed E-state index contributed by atoms with van der Waals surface area (Å²) < 4.78 is 16.3. The number of hydrogen-bond donors (Lipinski definition) is 0. The molecule has 0 aliphatic heterocycles. The van der Waals surface area contributed by atoms with Gasteiger partial charge in [-0.1, -0.05) is 23.4 Å². The van der Waals surface area contributed by atoms with Crippen molar-refractivity contribution >= 4 is 5.91 Å². The van der Waals surface area contributed by atoms with Gasteiger partial charge < -0.3 is 18.9 Å². The quantitative estimate of drug-likeness (QED) is 0.498. The average molecular weight is 407 g/mol. The molecular weight excluding hydrogens is 382 g/mol. The minimum absolute atomic E-state index is 0.162. The number of carbonyl (C=O) groups is 1. The number of carbonyl (C=O) groups excluding carboxylic acids is 1. The largest absolute Gasteiger partial charge is 0.497 e. The Morgan fingerprint density at radius 2 is 2.00 bits per heavy atom. The van der Waals surface area contributed by atoms with Crippen molar-refractivity contribution in [3.63, 3.8) is 0 Å². The van der Waals surface area contributed by atoms with Crippen molar-refractivity contribution in [3.05, 3.63) is 72.6 Å². The number of aromatic nitrogens is 2. The second-order valence-corrected chi connectivity index (χ2v) is 6.82. The molecule has 3 aromatic rings. The van der Waals surface area contributed by atoms with Gasteiger partial charge in [0.05, 0.1) is 7.11 Å². The molecule has 3 rings (SSSR count). The molecule has 0 spiro atoms. The van der Waals surface area contributed by atoms with Gasteiger partial charge in [0.25, 0.3) is 5.91 Å². The first kappa shape index (κ1) is 21.1. The molecular formula is C23H25N3O4. The second kappa shape index (κ2) is 9.73. The van der Waals surface area contributed by atoms with Crippen molar-refractivity contribution in [3.8, 4) is 22.9 Å². The molecule has 0 unspecified atom stereocenters. The molecule has 0 N–H and O–H groups in total. The van der Waals surface area contributed by atoms with E-state index in [9.17, 15) is 4.79 Å². The van der Waals surface area contributed by atoms with E-state index in [0.717, 1.165) is 16.9 Å². The first-order valence-corrected chi connectivity index (χ1v) is 9.60. The van der Waals surface area contributed by atoms with E-state index in [2.05, 4.69) is 16.7 Å². The number of benzene rings is 2. The Morgan fingerprint density at radius 3 is 2.67 bits per heavy atom. The molecule has 1 atom stereocenters. The second-order valence-electron chi connectivity index (χ2n) is 6.82. The Bertz CT molecular complexity index is 998. The first-order valence-electron chi connectivity index (χ1n) is 9.60. The molecule has 0 bridgehead atoms. The van der Waals surface area contributed by atoms with E-state index in [1.54, 1.807) is 25.0 Å². The van der Waals surface area contributed by atoms with Crippen LogP contribution in [-0.2, 0) is 11.3 Å². The number of amides is 1. The minimum atomic E-state index is -0.671. The maximum absolute atomic E-state index is 12.9. The maximum atomic E-state index is 12.9. The van der Waals surface area contributed by atoms with Crippen molar-refractivity contribution in [1.82, 2.24) is 15.0 Å². The van der Waals surface area contributed by atoms with Crippen LogP contribution in [0.25, 0.3) is 11.4 Å². The molecule has 0 saturated carbocycles. The van der Waals surface area contributed by atoms with Crippen molar-refractivity contribution < 1.29 is 18.8 Å². The lowest BCUT2D eigenvalue weighted by atomic mass is 10.2. The fourth-order valence-electron chi connectivity index (χ4n) is 2.93. The van der Waals surface area contributed by atoms with Gasteiger partial charge in [-0.3, -0.25) is 4.79 Å². The van der Waals surface area contributed by atoms with Crippen LogP contribution in [0.2, 0.25) is 0 Å². The molecule has 1 aromatic heterocycles. The highest BCUT2D eigenvalue weighted by Crippen LogP contribution is 2.20. The van der Waals surface area contributed by atoms with E-state index in [1.165, 1.54) is 0 Å².